The summed E-state index contributed by atoms with van der Waals surface area (Å²) in [5.74, 6) is 3.61. The van der Waals surface area contributed by atoms with Gasteiger partial charge in [0.15, 0.2) is 23.1 Å². The summed E-state index contributed by atoms with van der Waals surface area (Å²) in [6.07, 6.45) is 1.17. The summed E-state index contributed by atoms with van der Waals surface area (Å²) in [4.78, 5) is 19.8. The Labute approximate surface area is 328 Å². The van der Waals surface area contributed by atoms with E-state index in [2.05, 4.69) is 102 Å². The second-order valence-corrected chi connectivity index (χ2v) is 15.0. The van der Waals surface area contributed by atoms with Crippen molar-refractivity contribution < 1.29 is 4.42 Å². The minimum Gasteiger partial charge on any atom is -0.434 e. The first kappa shape index (κ1) is 31.9. The SMILES string of the molecule is c1ccc(-c2nc(-c3ccccc3)nc(-c3cccc(-c4ccc(-n5c6c(c7ccc8nc(-c9ccccc9)oc8c75)C5CC5c5ccccc5-6)cc4)c3)n2)cc1. The lowest BCUT2D eigenvalue weighted by molar-refractivity contribution is 0.621. The second-order valence-electron chi connectivity index (χ2n) is 15.0. The maximum absolute atomic E-state index is 6.72. The van der Waals surface area contributed by atoms with Crippen molar-refractivity contribution in [3.05, 3.63) is 187 Å². The summed E-state index contributed by atoms with van der Waals surface area (Å²) in [7, 11) is 0. The Kier molecular flexibility index (Phi) is 7.01. The maximum Gasteiger partial charge on any atom is 0.227 e. The first-order valence-corrected chi connectivity index (χ1v) is 19.5. The highest BCUT2D eigenvalue weighted by Crippen LogP contribution is 2.64. The van der Waals surface area contributed by atoms with E-state index in [1.807, 2.05) is 78.9 Å². The Morgan fingerprint density at radius 1 is 0.474 bits per heavy atom. The molecule has 10 aromatic rings. The van der Waals surface area contributed by atoms with Crippen molar-refractivity contribution in [2.45, 2.75) is 18.3 Å². The molecule has 2 aliphatic carbocycles. The molecule has 0 aliphatic heterocycles. The molecule has 0 N–H and O–H groups in total. The van der Waals surface area contributed by atoms with Crippen LogP contribution in [-0.2, 0) is 0 Å². The smallest absolute Gasteiger partial charge is 0.227 e. The van der Waals surface area contributed by atoms with Gasteiger partial charge in [0.2, 0.25) is 5.89 Å². The van der Waals surface area contributed by atoms with Crippen molar-refractivity contribution in [1.29, 1.82) is 0 Å². The molecule has 1 fully saturated rings. The van der Waals surface area contributed by atoms with Crippen molar-refractivity contribution in [3.63, 3.8) is 0 Å². The Morgan fingerprint density at radius 3 is 1.77 bits per heavy atom. The van der Waals surface area contributed by atoms with Crippen LogP contribution in [-0.4, -0.2) is 24.5 Å². The number of benzene rings is 7. The van der Waals surface area contributed by atoms with Crippen LogP contribution in [0.2, 0.25) is 0 Å². The van der Waals surface area contributed by atoms with E-state index in [0.29, 0.717) is 35.2 Å². The topological polar surface area (TPSA) is 69.6 Å². The molecular weight excluding hydrogens is 699 g/mol. The summed E-state index contributed by atoms with van der Waals surface area (Å²) < 4.78 is 9.15. The Hall–Kier alpha value is -7.44. The fourth-order valence-electron chi connectivity index (χ4n) is 8.85. The number of rotatable bonds is 6. The molecule has 6 heteroatoms. The fraction of sp³-hybridized carbons (Fsp3) is 0.0588. The van der Waals surface area contributed by atoms with Crippen LogP contribution >= 0.6 is 0 Å². The van der Waals surface area contributed by atoms with Gasteiger partial charge in [0.1, 0.15) is 5.52 Å². The molecular formula is C51H33N5O. The summed E-state index contributed by atoms with van der Waals surface area (Å²) >= 11 is 0. The number of fused-ring (bicyclic) bond motifs is 10. The lowest BCUT2D eigenvalue weighted by atomic mass is 9.89. The second kappa shape index (κ2) is 12.5. The van der Waals surface area contributed by atoms with E-state index in [-0.39, 0.29) is 0 Å². The normalized spacial score (nSPS) is 15.3. The van der Waals surface area contributed by atoms with Crippen LogP contribution in [0.1, 0.15) is 29.4 Å². The number of oxazole rings is 1. The number of aromatic nitrogens is 5. The van der Waals surface area contributed by atoms with Crippen LogP contribution < -0.4 is 0 Å². The molecule has 0 radical (unpaired) electrons. The van der Waals surface area contributed by atoms with E-state index in [0.717, 1.165) is 55.7 Å². The van der Waals surface area contributed by atoms with Gasteiger partial charge in [-0.15, -0.1) is 0 Å². The fourth-order valence-corrected chi connectivity index (χ4v) is 8.85. The molecule has 0 amide bonds. The van der Waals surface area contributed by atoms with E-state index in [9.17, 15) is 0 Å². The van der Waals surface area contributed by atoms with Crippen LogP contribution in [0.25, 0.3) is 95.7 Å². The highest BCUT2D eigenvalue weighted by Gasteiger charge is 2.48. The molecule has 2 atom stereocenters. The highest BCUT2D eigenvalue weighted by molar-refractivity contribution is 6.09. The highest BCUT2D eigenvalue weighted by atomic mass is 16.3. The quantitative estimate of drug-likeness (QED) is 0.170. The molecule has 6 nitrogen and oxygen atoms in total. The minimum atomic E-state index is 0.495. The van der Waals surface area contributed by atoms with E-state index < -0.39 is 0 Å². The van der Waals surface area contributed by atoms with Gasteiger partial charge < -0.3 is 8.98 Å². The average molecular weight is 732 g/mol. The van der Waals surface area contributed by atoms with Gasteiger partial charge in [-0.25, -0.2) is 19.9 Å². The van der Waals surface area contributed by atoms with E-state index in [1.165, 1.54) is 34.2 Å². The summed E-state index contributed by atoms with van der Waals surface area (Å²) in [5, 5.41) is 1.24. The summed E-state index contributed by atoms with van der Waals surface area (Å²) in [6.45, 7) is 0. The van der Waals surface area contributed by atoms with E-state index in [4.69, 9.17) is 24.4 Å². The zero-order valence-electron chi connectivity index (χ0n) is 30.7. The van der Waals surface area contributed by atoms with Crippen molar-refractivity contribution in [1.82, 2.24) is 24.5 Å². The predicted octanol–water partition coefficient (Wildman–Crippen LogP) is 12.5. The molecule has 268 valence electrons. The van der Waals surface area contributed by atoms with Gasteiger partial charge in [0.25, 0.3) is 0 Å². The zero-order chi connectivity index (χ0) is 37.5. The number of hydrogen-bond acceptors (Lipinski definition) is 5. The molecule has 1 saturated carbocycles. The Bertz CT molecular complexity index is 3090. The first-order chi connectivity index (χ1) is 28.2. The van der Waals surface area contributed by atoms with Gasteiger partial charge in [-0.1, -0.05) is 140 Å². The molecule has 3 heterocycles. The lowest BCUT2D eigenvalue weighted by Gasteiger charge is -2.20. The average Bonchev–Trinajstić information content (AvgIpc) is 3.84. The van der Waals surface area contributed by atoms with Gasteiger partial charge in [-0.05, 0) is 76.9 Å². The molecule has 0 spiro atoms. The molecule has 2 unspecified atom stereocenters. The zero-order valence-corrected chi connectivity index (χ0v) is 30.7. The van der Waals surface area contributed by atoms with Gasteiger partial charge in [-0.3, -0.25) is 0 Å². The van der Waals surface area contributed by atoms with Gasteiger partial charge in [0.05, 0.1) is 11.2 Å². The molecule has 12 rings (SSSR count). The lowest BCUT2D eigenvalue weighted by Crippen LogP contribution is -2.03. The van der Waals surface area contributed by atoms with Crippen LogP contribution in [0.5, 0.6) is 0 Å². The Morgan fingerprint density at radius 2 is 1.07 bits per heavy atom. The molecule has 2 aliphatic rings. The van der Waals surface area contributed by atoms with Crippen molar-refractivity contribution in [3.8, 4) is 73.7 Å². The number of nitrogens with zero attached hydrogens (tertiary/aromatic N) is 5. The van der Waals surface area contributed by atoms with E-state index >= 15 is 0 Å². The third-order valence-electron chi connectivity index (χ3n) is 11.6. The largest absolute Gasteiger partial charge is 0.434 e. The van der Waals surface area contributed by atoms with Crippen molar-refractivity contribution in [2.75, 3.05) is 0 Å². The van der Waals surface area contributed by atoms with Crippen LogP contribution in [0.4, 0.5) is 0 Å². The third-order valence-corrected chi connectivity index (χ3v) is 11.6. The third kappa shape index (κ3) is 5.18. The first-order valence-electron chi connectivity index (χ1n) is 19.5. The molecule has 57 heavy (non-hydrogen) atoms. The molecule has 3 aromatic heterocycles. The monoisotopic (exact) mass is 731 g/mol. The standard InChI is InChI=1S/C51H33N5O/c1-4-13-32(14-5-1)48-53-49(33-15-6-2-7-16-33)55-50(54-48)36-20-12-19-35(29-36)31-23-25-37(26-24-31)56-45-39-22-11-10-21-38(39)41-30-42(41)44(45)40-27-28-43-47(46(40)56)57-51(52-43)34-17-8-3-9-18-34/h1-29,41-42H,30H2. The predicted molar refractivity (Wildman–Crippen MR) is 227 cm³/mol. The minimum absolute atomic E-state index is 0.495. The van der Waals surface area contributed by atoms with E-state index in [1.54, 1.807) is 0 Å². The van der Waals surface area contributed by atoms with Gasteiger partial charge >= 0.3 is 0 Å². The van der Waals surface area contributed by atoms with Gasteiger partial charge in [-0.2, -0.15) is 0 Å². The Balaban J connectivity index is 0.994. The maximum atomic E-state index is 6.72. The van der Waals surface area contributed by atoms with Crippen molar-refractivity contribution >= 4 is 22.0 Å². The summed E-state index contributed by atoms with van der Waals surface area (Å²) in [6, 6.07) is 61.1. The molecule has 0 bridgehead atoms. The van der Waals surface area contributed by atoms with Crippen molar-refractivity contribution in [2.24, 2.45) is 0 Å². The molecule has 7 aromatic carbocycles. The van der Waals surface area contributed by atoms with Gasteiger partial charge in [0, 0.05) is 38.9 Å². The van der Waals surface area contributed by atoms with Crippen LogP contribution in [0, 0.1) is 0 Å². The summed E-state index contributed by atoms with van der Waals surface area (Å²) in [5.41, 5.74) is 15.2. The van der Waals surface area contributed by atoms with Crippen LogP contribution in [0.3, 0.4) is 0 Å². The molecule has 0 saturated heterocycles. The number of hydrogen-bond donors (Lipinski definition) is 0. The van der Waals surface area contributed by atoms with Crippen LogP contribution in [0.15, 0.2) is 180 Å².